The predicted molar refractivity (Wildman–Crippen MR) is 55.3 cm³/mol. The van der Waals surface area contributed by atoms with E-state index in [4.69, 9.17) is 5.11 Å². The highest BCUT2D eigenvalue weighted by Crippen LogP contribution is 2.30. The van der Waals surface area contributed by atoms with Crippen LogP contribution < -0.4 is 0 Å². The maximum atomic E-state index is 13.1. The molecule has 0 saturated heterocycles. The van der Waals surface area contributed by atoms with Crippen molar-refractivity contribution >= 4 is 34.3 Å². The van der Waals surface area contributed by atoms with E-state index in [0.29, 0.717) is 4.47 Å². The molecule has 0 spiro atoms. The van der Waals surface area contributed by atoms with Crippen molar-refractivity contribution in [1.82, 2.24) is 4.98 Å². The number of carbonyl (C=O) groups is 1. The topological polar surface area (TPSA) is 50.2 Å². The van der Waals surface area contributed by atoms with Gasteiger partial charge in [-0.15, -0.1) is 12.4 Å². The summed E-state index contributed by atoms with van der Waals surface area (Å²) in [6.45, 7) is 0. The van der Waals surface area contributed by atoms with Crippen LogP contribution in [0.5, 0.6) is 0 Å². The van der Waals surface area contributed by atoms with E-state index in [1.165, 1.54) is 12.3 Å². The zero-order valence-electron chi connectivity index (χ0n) is 7.28. The molecule has 1 N–H and O–H groups in total. The molecule has 0 aromatic carbocycles. The molecule has 1 rings (SSSR count). The van der Waals surface area contributed by atoms with Gasteiger partial charge in [0.1, 0.15) is 12.1 Å². The fraction of sp³-hybridized carbons (Fsp3) is 0.250. The van der Waals surface area contributed by atoms with Gasteiger partial charge in [0.05, 0.1) is 0 Å². The summed E-state index contributed by atoms with van der Waals surface area (Å²) in [5.74, 6) is -4.98. The molecule has 0 radical (unpaired) electrons. The van der Waals surface area contributed by atoms with Gasteiger partial charge >= 0.3 is 5.97 Å². The number of hydrogen-bond donors (Lipinski definition) is 1. The molecule has 0 aliphatic carbocycles. The third-order valence-electron chi connectivity index (χ3n) is 1.48. The summed E-state index contributed by atoms with van der Waals surface area (Å²) in [5, 5.41) is 8.25. The molecule has 1 aromatic rings. The average molecular weight is 303 g/mol. The van der Waals surface area contributed by atoms with Gasteiger partial charge in [0, 0.05) is 10.7 Å². The molecular formula is C8H7BrClF2NO2. The van der Waals surface area contributed by atoms with Crippen molar-refractivity contribution in [3.63, 3.8) is 0 Å². The summed E-state index contributed by atoms with van der Waals surface area (Å²) in [4.78, 5) is 13.6. The number of rotatable bonds is 3. The normalized spacial score (nSPS) is 10.6. The molecule has 0 unspecified atom stereocenters. The molecule has 0 saturated carbocycles. The van der Waals surface area contributed by atoms with Crippen molar-refractivity contribution in [2.24, 2.45) is 0 Å². The van der Waals surface area contributed by atoms with Crippen LogP contribution in [0.1, 0.15) is 12.1 Å². The first-order valence-corrected chi connectivity index (χ1v) is 4.43. The smallest absolute Gasteiger partial charge is 0.309 e. The van der Waals surface area contributed by atoms with E-state index in [1.54, 1.807) is 0 Å². The molecular weight excluding hydrogens is 295 g/mol. The summed E-state index contributed by atoms with van der Waals surface area (Å²) in [6.07, 6.45) is -0.0489. The van der Waals surface area contributed by atoms with E-state index < -0.39 is 24.0 Å². The zero-order chi connectivity index (χ0) is 10.8. The van der Waals surface area contributed by atoms with E-state index in [9.17, 15) is 13.6 Å². The monoisotopic (exact) mass is 301 g/mol. The van der Waals surface area contributed by atoms with E-state index in [2.05, 4.69) is 20.9 Å². The van der Waals surface area contributed by atoms with Crippen LogP contribution in [0.3, 0.4) is 0 Å². The van der Waals surface area contributed by atoms with Gasteiger partial charge in [-0.05, 0) is 28.1 Å². The second kappa shape index (κ2) is 5.37. The molecule has 0 aliphatic rings. The molecule has 1 heterocycles. The SMILES string of the molecule is Cl.O=C(O)CC(F)(F)c1ccc(Br)cn1. The number of carboxylic acids is 1. The van der Waals surface area contributed by atoms with Crippen LogP contribution in [0.4, 0.5) is 8.78 Å². The maximum Gasteiger partial charge on any atom is 0.309 e. The highest BCUT2D eigenvalue weighted by molar-refractivity contribution is 9.10. The first-order chi connectivity index (χ1) is 6.42. The Labute approximate surface area is 99.1 Å². The third-order valence-corrected chi connectivity index (χ3v) is 1.94. The fourth-order valence-corrected chi connectivity index (χ4v) is 1.11. The summed E-state index contributed by atoms with van der Waals surface area (Å²) < 4.78 is 26.7. The molecule has 0 aliphatic heterocycles. The van der Waals surface area contributed by atoms with Gasteiger partial charge in [0.15, 0.2) is 0 Å². The van der Waals surface area contributed by atoms with Crippen molar-refractivity contribution in [3.05, 3.63) is 28.5 Å². The number of hydrogen-bond acceptors (Lipinski definition) is 2. The zero-order valence-corrected chi connectivity index (χ0v) is 9.69. The number of nitrogens with zero attached hydrogens (tertiary/aromatic N) is 1. The summed E-state index contributed by atoms with van der Waals surface area (Å²) >= 11 is 3.04. The lowest BCUT2D eigenvalue weighted by Gasteiger charge is -2.12. The Morgan fingerprint density at radius 3 is 2.53 bits per heavy atom. The van der Waals surface area contributed by atoms with Crippen LogP contribution in [0.15, 0.2) is 22.8 Å². The first-order valence-electron chi connectivity index (χ1n) is 3.63. The largest absolute Gasteiger partial charge is 0.481 e. The Bertz CT molecular complexity index is 345. The van der Waals surface area contributed by atoms with E-state index in [0.717, 1.165) is 6.07 Å². The molecule has 3 nitrogen and oxygen atoms in total. The highest BCUT2D eigenvalue weighted by Gasteiger charge is 2.35. The van der Waals surface area contributed by atoms with Gasteiger partial charge < -0.3 is 5.11 Å². The van der Waals surface area contributed by atoms with Crippen LogP contribution in [-0.4, -0.2) is 16.1 Å². The quantitative estimate of drug-likeness (QED) is 0.934. The number of aromatic nitrogens is 1. The Balaban J connectivity index is 0.00000196. The standard InChI is InChI=1S/C8H6BrF2NO2.ClH/c9-5-1-2-6(12-4-5)8(10,11)3-7(13)14;/h1-2,4H,3H2,(H,13,14);1H. The molecule has 84 valence electrons. The van der Waals surface area contributed by atoms with Crippen LogP contribution in [-0.2, 0) is 10.7 Å². The minimum Gasteiger partial charge on any atom is -0.481 e. The summed E-state index contributed by atoms with van der Waals surface area (Å²) in [6, 6.07) is 2.48. The Kier molecular flexibility index (Phi) is 5.10. The first kappa shape index (κ1) is 14.2. The molecule has 0 amide bonds. The minimum absolute atomic E-state index is 0. The van der Waals surface area contributed by atoms with E-state index in [1.807, 2.05) is 0 Å². The third kappa shape index (κ3) is 4.09. The summed E-state index contributed by atoms with van der Waals surface area (Å²) in [7, 11) is 0. The van der Waals surface area contributed by atoms with E-state index >= 15 is 0 Å². The highest BCUT2D eigenvalue weighted by atomic mass is 79.9. The van der Waals surface area contributed by atoms with Gasteiger partial charge in [-0.2, -0.15) is 8.78 Å². The van der Waals surface area contributed by atoms with Crippen molar-refractivity contribution in [2.75, 3.05) is 0 Å². The molecule has 7 heteroatoms. The van der Waals surface area contributed by atoms with Crippen molar-refractivity contribution in [2.45, 2.75) is 12.3 Å². The Hall–Kier alpha value is -0.750. The van der Waals surface area contributed by atoms with E-state index in [-0.39, 0.29) is 12.4 Å². The van der Waals surface area contributed by atoms with Gasteiger partial charge in [0.2, 0.25) is 0 Å². The fourth-order valence-electron chi connectivity index (χ4n) is 0.873. The average Bonchev–Trinajstić information content (AvgIpc) is 2.02. The second-order valence-corrected chi connectivity index (χ2v) is 3.55. The van der Waals surface area contributed by atoms with Crippen molar-refractivity contribution < 1.29 is 18.7 Å². The van der Waals surface area contributed by atoms with Crippen LogP contribution in [0.2, 0.25) is 0 Å². The van der Waals surface area contributed by atoms with Gasteiger partial charge in [-0.1, -0.05) is 0 Å². The molecule has 0 atom stereocenters. The molecule has 15 heavy (non-hydrogen) atoms. The van der Waals surface area contributed by atoms with Crippen molar-refractivity contribution in [1.29, 1.82) is 0 Å². The van der Waals surface area contributed by atoms with Gasteiger partial charge in [-0.25, -0.2) is 0 Å². The van der Waals surface area contributed by atoms with Gasteiger partial charge in [0.25, 0.3) is 5.92 Å². The van der Waals surface area contributed by atoms with Crippen molar-refractivity contribution in [3.8, 4) is 0 Å². The summed E-state index contributed by atoms with van der Waals surface area (Å²) in [5.41, 5.74) is -0.539. The predicted octanol–water partition coefficient (Wildman–Crippen LogP) is 2.83. The lowest BCUT2D eigenvalue weighted by atomic mass is 10.1. The minimum atomic E-state index is -3.42. The Morgan fingerprint density at radius 1 is 1.53 bits per heavy atom. The number of halogens is 4. The molecule has 1 aromatic heterocycles. The number of alkyl halides is 2. The number of carboxylic acid groups (broad SMARTS) is 1. The second-order valence-electron chi connectivity index (χ2n) is 2.64. The van der Waals surface area contributed by atoms with Crippen LogP contribution in [0, 0.1) is 0 Å². The molecule has 0 fully saturated rings. The number of pyridine rings is 1. The maximum absolute atomic E-state index is 13.1. The lowest BCUT2D eigenvalue weighted by Crippen LogP contribution is -2.19. The van der Waals surface area contributed by atoms with Gasteiger partial charge in [-0.3, -0.25) is 9.78 Å². The van der Waals surface area contributed by atoms with Crippen LogP contribution in [0.25, 0.3) is 0 Å². The van der Waals surface area contributed by atoms with Crippen LogP contribution >= 0.6 is 28.3 Å². The molecule has 0 bridgehead atoms. The lowest BCUT2D eigenvalue weighted by molar-refractivity contribution is -0.145. The Morgan fingerprint density at radius 2 is 2.13 bits per heavy atom. The number of aliphatic carboxylic acids is 1.